The van der Waals surface area contributed by atoms with Gasteiger partial charge in [0.25, 0.3) is 5.91 Å². The van der Waals surface area contributed by atoms with E-state index in [0.717, 1.165) is 5.56 Å². The minimum absolute atomic E-state index is 0.351. The van der Waals surface area contributed by atoms with Crippen LogP contribution < -0.4 is 21.7 Å². The van der Waals surface area contributed by atoms with E-state index in [4.69, 9.17) is 10.6 Å². The number of methoxy groups -OCH3 is 1. The molecule has 0 spiro atoms. The number of rotatable bonds is 3. The molecule has 5 heteroatoms. The topological polar surface area (TPSA) is 90.4 Å². The fraction of sp³-hybridized carbons (Fsp3) is 0.182. The van der Waals surface area contributed by atoms with E-state index in [0.29, 0.717) is 5.75 Å². The number of nitrogens with two attached hydrogens (primary N) is 2. The van der Waals surface area contributed by atoms with Gasteiger partial charge < -0.3 is 10.5 Å². The van der Waals surface area contributed by atoms with E-state index in [1.807, 2.05) is 29.7 Å². The summed E-state index contributed by atoms with van der Waals surface area (Å²) in [6, 6.07) is 7.39. The molecule has 1 rings (SSSR count). The normalized spacial score (nSPS) is 9.25. The van der Waals surface area contributed by atoms with Gasteiger partial charge in [0.15, 0.2) is 0 Å². The molecule has 0 fully saturated rings. The monoisotopic (exact) mass is 223 g/mol. The number of carbonyl (C=O) groups is 1. The molecule has 0 unspecified atom stereocenters. The van der Waals surface area contributed by atoms with Crippen molar-refractivity contribution in [1.82, 2.24) is 5.43 Å². The van der Waals surface area contributed by atoms with Crippen molar-refractivity contribution in [1.29, 1.82) is 0 Å². The van der Waals surface area contributed by atoms with Crippen molar-refractivity contribution in [2.45, 2.75) is 0 Å². The maximum absolute atomic E-state index is 10.8. The standard InChI is InChI=1S/C10H12N2O2.CH5N/c1-14-9-5-3-2-4-8(9)6-7-10(13)12-11;1-2/h2-7H,11H2,1H3,(H,12,13);2H2,1H3/b7-6+;. The lowest BCUT2D eigenvalue weighted by atomic mass is 10.2. The lowest BCUT2D eigenvalue weighted by Crippen LogP contribution is -2.27. The Morgan fingerprint density at radius 2 is 2.00 bits per heavy atom. The van der Waals surface area contributed by atoms with Crippen molar-refractivity contribution in [2.24, 2.45) is 11.6 Å². The Kier molecular flexibility index (Phi) is 7.48. The van der Waals surface area contributed by atoms with Crippen molar-refractivity contribution in [3.8, 4) is 5.75 Å². The molecular formula is C11H17N3O2. The minimum atomic E-state index is -0.351. The maximum atomic E-state index is 10.8. The van der Waals surface area contributed by atoms with Gasteiger partial charge in [-0.05, 0) is 19.2 Å². The molecule has 16 heavy (non-hydrogen) atoms. The summed E-state index contributed by atoms with van der Waals surface area (Å²) in [7, 11) is 3.08. The van der Waals surface area contributed by atoms with Gasteiger partial charge in [-0.15, -0.1) is 0 Å². The van der Waals surface area contributed by atoms with Gasteiger partial charge in [0, 0.05) is 11.6 Å². The fourth-order valence-corrected chi connectivity index (χ4v) is 1.02. The summed E-state index contributed by atoms with van der Waals surface area (Å²) in [6.07, 6.45) is 2.98. The predicted molar refractivity (Wildman–Crippen MR) is 64.5 cm³/mol. The number of hydrazine groups is 1. The molecule has 88 valence electrons. The van der Waals surface area contributed by atoms with Crippen LogP contribution in [0.4, 0.5) is 0 Å². The van der Waals surface area contributed by atoms with E-state index in [-0.39, 0.29) is 5.91 Å². The summed E-state index contributed by atoms with van der Waals surface area (Å²) in [5, 5.41) is 0. The van der Waals surface area contributed by atoms with E-state index in [1.165, 1.54) is 13.1 Å². The second-order valence-electron chi connectivity index (χ2n) is 2.58. The number of hydrogen-bond donors (Lipinski definition) is 3. The highest BCUT2D eigenvalue weighted by molar-refractivity contribution is 5.91. The number of para-hydroxylation sites is 1. The van der Waals surface area contributed by atoms with Crippen molar-refractivity contribution >= 4 is 12.0 Å². The first-order valence-electron chi connectivity index (χ1n) is 4.67. The second-order valence-corrected chi connectivity index (χ2v) is 2.58. The van der Waals surface area contributed by atoms with Crippen molar-refractivity contribution < 1.29 is 9.53 Å². The average molecular weight is 223 g/mol. The molecule has 0 radical (unpaired) electrons. The largest absolute Gasteiger partial charge is 0.496 e. The van der Waals surface area contributed by atoms with Gasteiger partial charge in [0.2, 0.25) is 0 Å². The quantitative estimate of drug-likeness (QED) is 0.297. The van der Waals surface area contributed by atoms with Gasteiger partial charge in [-0.3, -0.25) is 10.2 Å². The van der Waals surface area contributed by atoms with Gasteiger partial charge in [-0.1, -0.05) is 18.2 Å². The third-order valence-electron chi connectivity index (χ3n) is 1.70. The van der Waals surface area contributed by atoms with Crippen LogP contribution in [0, 0.1) is 0 Å². The molecule has 0 atom stereocenters. The van der Waals surface area contributed by atoms with Crippen molar-refractivity contribution in [3.63, 3.8) is 0 Å². The Morgan fingerprint density at radius 3 is 2.56 bits per heavy atom. The Balaban J connectivity index is 0.00000106. The van der Waals surface area contributed by atoms with E-state index >= 15 is 0 Å². The van der Waals surface area contributed by atoms with Crippen molar-refractivity contribution in [3.05, 3.63) is 35.9 Å². The van der Waals surface area contributed by atoms with Gasteiger partial charge in [0.1, 0.15) is 5.75 Å². The zero-order valence-corrected chi connectivity index (χ0v) is 9.44. The van der Waals surface area contributed by atoms with Gasteiger partial charge >= 0.3 is 0 Å². The molecule has 0 bridgehead atoms. The second kappa shape index (κ2) is 8.46. The Hall–Kier alpha value is -1.85. The van der Waals surface area contributed by atoms with Gasteiger partial charge in [-0.2, -0.15) is 0 Å². The summed E-state index contributed by atoms with van der Waals surface area (Å²) in [5.74, 6) is 5.29. The molecule has 5 N–H and O–H groups in total. The van der Waals surface area contributed by atoms with Crippen LogP contribution in [0.5, 0.6) is 5.75 Å². The molecule has 0 heterocycles. The first-order chi connectivity index (χ1) is 7.77. The van der Waals surface area contributed by atoms with E-state index in [9.17, 15) is 4.79 Å². The van der Waals surface area contributed by atoms with Crippen LogP contribution in [0.3, 0.4) is 0 Å². The molecule has 0 aliphatic rings. The minimum Gasteiger partial charge on any atom is -0.496 e. The van der Waals surface area contributed by atoms with Crippen LogP contribution in [0.2, 0.25) is 0 Å². The first kappa shape index (κ1) is 14.2. The fourth-order valence-electron chi connectivity index (χ4n) is 1.02. The highest BCUT2D eigenvalue weighted by Crippen LogP contribution is 2.18. The molecule has 0 aromatic heterocycles. The SMILES string of the molecule is CN.COc1ccccc1/C=C/C(=O)NN. The van der Waals surface area contributed by atoms with E-state index < -0.39 is 0 Å². The van der Waals surface area contributed by atoms with E-state index in [1.54, 1.807) is 13.2 Å². The summed E-state index contributed by atoms with van der Waals surface area (Å²) in [4.78, 5) is 10.8. The number of benzene rings is 1. The predicted octanol–water partition coefficient (Wildman–Crippen LogP) is 0.273. The van der Waals surface area contributed by atoms with E-state index in [2.05, 4.69) is 5.73 Å². The third-order valence-corrected chi connectivity index (χ3v) is 1.70. The third kappa shape index (κ3) is 4.59. The number of hydrogen-bond acceptors (Lipinski definition) is 4. The molecule has 5 nitrogen and oxygen atoms in total. The van der Waals surface area contributed by atoms with Crippen LogP contribution in [0.15, 0.2) is 30.3 Å². The molecule has 0 saturated carbocycles. The molecule has 1 aromatic carbocycles. The van der Waals surface area contributed by atoms with Crippen LogP contribution in [-0.4, -0.2) is 20.1 Å². The molecule has 1 aromatic rings. The van der Waals surface area contributed by atoms with Crippen molar-refractivity contribution in [2.75, 3.05) is 14.2 Å². The lowest BCUT2D eigenvalue weighted by molar-refractivity contribution is -0.116. The zero-order chi connectivity index (χ0) is 12.4. The van der Waals surface area contributed by atoms with Gasteiger partial charge in [0.05, 0.1) is 7.11 Å². The average Bonchev–Trinajstić information content (AvgIpc) is 2.38. The number of carbonyl (C=O) groups excluding carboxylic acids is 1. The molecule has 0 saturated heterocycles. The highest BCUT2D eigenvalue weighted by atomic mass is 16.5. The summed E-state index contributed by atoms with van der Waals surface area (Å²) < 4.78 is 5.10. The Bertz CT molecular complexity index is 351. The van der Waals surface area contributed by atoms with Crippen LogP contribution >= 0.6 is 0 Å². The zero-order valence-electron chi connectivity index (χ0n) is 9.44. The van der Waals surface area contributed by atoms with Crippen LogP contribution in [0.25, 0.3) is 6.08 Å². The number of nitrogens with one attached hydrogen (secondary N) is 1. The molecule has 1 amide bonds. The highest BCUT2D eigenvalue weighted by Gasteiger charge is 1.97. The number of amides is 1. The van der Waals surface area contributed by atoms with Gasteiger partial charge in [-0.25, -0.2) is 5.84 Å². The lowest BCUT2D eigenvalue weighted by Gasteiger charge is -2.02. The molecule has 0 aliphatic heterocycles. The molecule has 0 aliphatic carbocycles. The summed E-state index contributed by atoms with van der Waals surface area (Å²) >= 11 is 0. The Labute approximate surface area is 95.0 Å². The summed E-state index contributed by atoms with van der Waals surface area (Å²) in [6.45, 7) is 0. The summed E-state index contributed by atoms with van der Waals surface area (Å²) in [5.41, 5.74) is 7.34. The van der Waals surface area contributed by atoms with Crippen LogP contribution in [-0.2, 0) is 4.79 Å². The number of ether oxygens (including phenoxy) is 1. The van der Waals surface area contributed by atoms with Crippen LogP contribution in [0.1, 0.15) is 5.56 Å². The first-order valence-corrected chi connectivity index (χ1v) is 4.67. The molecular weight excluding hydrogens is 206 g/mol. The Morgan fingerprint density at radius 1 is 1.38 bits per heavy atom. The smallest absolute Gasteiger partial charge is 0.257 e. The maximum Gasteiger partial charge on any atom is 0.257 e.